The minimum Gasteiger partial charge on any atom is -0.427 e. The lowest BCUT2D eigenvalue weighted by Gasteiger charge is -2.06. The molecule has 0 heterocycles. The standard InChI is InChI=1S/C15H10FNO2/c1-10(18)19-13-6-7-14(15(16)8-13)12-4-2-11(9-17)3-5-12/h2-8H,1H3. The Morgan fingerprint density at radius 1 is 1.21 bits per heavy atom. The number of ether oxygens (including phenoxy) is 1. The zero-order valence-corrected chi connectivity index (χ0v) is 10.2. The van der Waals surface area contributed by atoms with Crippen molar-refractivity contribution in [1.82, 2.24) is 0 Å². The highest BCUT2D eigenvalue weighted by Crippen LogP contribution is 2.26. The van der Waals surface area contributed by atoms with E-state index in [1.54, 1.807) is 24.3 Å². The van der Waals surface area contributed by atoms with Gasteiger partial charge in [0.1, 0.15) is 11.6 Å². The van der Waals surface area contributed by atoms with Crippen molar-refractivity contribution < 1.29 is 13.9 Å². The van der Waals surface area contributed by atoms with E-state index >= 15 is 0 Å². The summed E-state index contributed by atoms with van der Waals surface area (Å²) in [6.45, 7) is 1.26. The Morgan fingerprint density at radius 3 is 2.42 bits per heavy atom. The Balaban J connectivity index is 2.34. The van der Waals surface area contributed by atoms with Gasteiger partial charge in [-0.2, -0.15) is 5.26 Å². The van der Waals surface area contributed by atoms with E-state index in [4.69, 9.17) is 10.00 Å². The van der Waals surface area contributed by atoms with Gasteiger partial charge < -0.3 is 4.74 Å². The van der Waals surface area contributed by atoms with Crippen LogP contribution in [-0.2, 0) is 4.79 Å². The summed E-state index contributed by atoms with van der Waals surface area (Å²) in [5, 5.41) is 8.70. The predicted molar refractivity (Wildman–Crippen MR) is 67.9 cm³/mol. The van der Waals surface area contributed by atoms with Crippen molar-refractivity contribution in [2.75, 3.05) is 0 Å². The minimum absolute atomic E-state index is 0.169. The fourth-order valence-electron chi connectivity index (χ4n) is 1.68. The molecule has 0 spiro atoms. The average Bonchev–Trinajstić information content (AvgIpc) is 2.38. The number of nitrogens with zero attached hydrogens (tertiary/aromatic N) is 1. The van der Waals surface area contributed by atoms with Crippen LogP contribution in [0.2, 0.25) is 0 Å². The molecule has 0 aliphatic rings. The molecule has 19 heavy (non-hydrogen) atoms. The summed E-state index contributed by atoms with van der Waals surface area (Å²) >= 11 is 0. The van der Waals surface area contributed by atoms with E-state index in [1.807, 2.05) is 6.07 Å². The molecule has 2 aromatic carbocycles. The Morgan fingerprint density at radius 2 is 1.89 bits per heavy atom. The van der Waals surface area contributed by atoms with E-state index in [2.05, 4.69) is 0 Å². The number of nitriles is 1. The number of rotatable bonds is 2. The molecule has 0 amide bonds. The first kappa shape index (κ1) is 12.8. The third-order valence-electron chi connectivity index (χ3n) is 2.53. The zero-order valence-electron chi connectivity index (χ0n) is 10.2. The van der Waals surface area contributed by atoms with Gasteiger partial charge in [-0.15, -0.1) is 0 Å². The van der Waals surface area contributed by atoms with E-state index in [0.29, 0.717) is 16.7 Å². The van der Waals surface area contributed by atoms with Crippen LogP contribution < -0.4 is 4.74 Å². The average molecular weight is 255 g/mol. The van der Waals surface area contributed by atoms with Gasteiger partial charge in [-0.1, -0.05) is 12.1 Å². The number of esters is 1. The van der Waals surface area contributed by atoms with Crippen LogP contribution in [0.25, 0.3) is 11.1 Å². The summed E-state index contributed by atoms with van der Waals surface area (Å²) in [7, 11) is 0. The van der Waals surface area contributed by atoms with Crippen molar-refractivity contribution in [2.45, 2.75) is 6.92 Å². The summed E-state index contributed by atoms with van der Waals surface area (Å²) in [4.78, 5) is 10.8. The van der Waals surface area contributed by atoms with Crippen molar-refractivity contribution in [3.63, 3.8) is 0 Å². The number of halogens is 1. The number of hydrogen-bond donors (Lipinski definition) is 0. The smallest absolute Gasteiger partial charge is 0.308 e. The summed E-state index contributed by atoms with van der Waals surface area (Å²) in [6.07, 6.45) is 0. The molecule has 2 aromatic rings. The van der Waals surface area contributed by atoms with Gasteiger partial charge in [0.25, 0.3) is 0 Å². The molecule has 0 bridgehead atoms. The first-order valence-electron chi connectivity index (χ1n) is 5.58. The van der Waals surface area contributed by atoms with Crippen LogP contribution in [0.15, 0.2) is 42.5 Å². The topological polar surface area (TPSA) is 50.1 Å². The van der Waals surface area contributed by atoms with E-state index < -0.39 is 11.8 Å². The second-order valence-electron chi connectivity index (χ2n) is 3.92. The summed E-state index contributed by atoms with van der Waals surface area (Å²) in [5.41, 5.74) is 1.56. The van der Waals surface area contributed by atoms with Gasteiger partial charge >= 0.3 is 5.97 Å². The lowest BCUT2D eigenvalue weighted by Crippen LogP contribution is -2.01. The third-order valence-corrected chi connectivity index (χ3v) is 2.53. The third kappa shape index (κ3) is 2.96. The highest BCUT2D eigenvalue weighted by Gasteiger charge is 2.08. The van der Waals surface area contributed by atoms with Gasteiger partial charge in [0.15, 0.2) is 0 Å². The molecule has 4 heteroatoms. The van der Waals surface area contributed by atoms with Gasteiger partial charge in [0.2, 0.25) is 0 Å². The predicted octanol–water partition coefficient (Wildman–Crippen LogP) is 3.29. The molecule has 0 atom stereocenters. The van der Waals surface area contributed by atoms with Crippen LogP contribution in [-0.4, -0.2) is 5.97 Å². The molecule has 0 N–H and O–H groups in total. The Labute approximate surface area is 109 Å². The van der Waals surface area contributed by atoms with Crippen LogP contribution in [0.4, 0.5) is 4.39 Å². The SMILES string of the molecule is CC(=O)Oc1ccc(-c2ccc(C#N)cc2)c(F)c1. The second-order valence-corrected chi connectivity index (χ2v) is 3.92. The Bertz CT molecular complexity index is 657. The van der Waals surface area contributed by atoms with Crippen molar-refractivity contribution in [1.29, 1.82) is 5.26 Å². The lowest BCUT2D eigenvalue weighted by molar-refractivity contribution is -0.131. The molecule has 0 aromatic heterocycles. The molecule has 0 aliphatic carbocycles. The maximum absolute atomic E-state index is 13.9. The fourth-order valence-corrected chi connectivity index (χ4v) is 1.68. The second kappa shape index (κ2) is 5.32. The summed E-state index contributed by atoms with van der Waals surface area (Å²) < 4.78 is 18.7. The van der Waals surface area contributed by atoms with Crippen molar-refractivity contribution >= 4 is 5.97 Å². The van der Waals surface area contributed by atoms with Gasteiger partial charge in [0, 0.05) is 18.6 Å². The lowest BCUT2D eigenvalue weighted by atomic mass is 10.0. The molecular formula is C15H10FNO2. The molecule has 0 saturated carbocycles. The van der Waals surface area contributed by atoms with Gasteiger partial charge in [-0.3, -0.25) is 4.79 Å². The minimum atomic E-state index is -0.495. The molecule has 0 aliphatic heterocycles. The van der Waals surface area contributed by atoms with Gasteiger partial charge in [0.05, 0.1) is 11.6 Å². The molecule has 0 radical (unpaired) electrons. The summed E-state index contributed by atoms with van der Waals surface area (Å²) in [6, 6.07) is 12.8. The Kier molecular flexibility index (Phi) is 3.58. The maximum Gasteiger partial charge on any atom is 0.308 e. The number of carbonyl (C=O) groups is 1. The molecule has 2 rings (SSSR count). The molecule has 0 fully saturated rings. The highest BCUT2D eigenvalue weighted by molar-refractivity contribution is 5.70. The maximum atomic E-state index is 13.9. The van der Waals surface area contributed by atoms with Crippen LogP contribution >= 0.6 is 0 Å². The van der Waals surface area contributed by atoms with Crippen LogP contribution in [0.3, 0.4) is 0 Å². The van der Waals surface area contributed by atoms with Gasteiger partial charge in [-0.25, -0.2) is 4.39 Å². The molecule has 0 saturated heterocycles. The monoisotopic (exact) mass is 255 g/mol. The van der Waals surface area contributed by atoms with Crippen LogP contribution in [0.5, 0.6) is 5.75 Å². The van der Waals surface area contributed by atoms with Crippen molar-refractivity contribution in [3.05, 3.63) is 53.8 Å². The normalized spacial score (nSPS) is 9.74. The number of carbonyl (C=O) groups excluding carboxylic acids is 1. The Hall–Kier alpha value is -2.67. The van der Waals surface area contributed by atoms with Crippen LogP contribution in [0, 0.1) is 17.1 Å². The van der Waals surface area contributed by atoms with Crippen molar-refractivity contribution in [3.8, 4) is 22.9 Å². The quantitative estimate of drug-likeness (QED) is 0.611. The van der Waals surface area contributed by atoms with E-state index in [0.717, 1.165) is 6.07 Å². The molecule has 0 unspecified atom stereocenters. The first-order chi connectivity index (χ1) is 9.10. The first-order valence-corrected chi connectivity index (χ1v) is 5.58. The molecule has 94 valence electrons. The number of hydrogen-bond acceptors (Lipinski definition) is 3. The van der Waals surface area contributed by atoms with E-state index in [9.17, 15) is 9.18 Å². The fraction of sp³-hybridized carbons (Fsp3) is 0.0667. The van der Waals surface area contributed by atoms with Crippen LogP contribution in [0.1, 0.15) is 12.5 Å². The summed E-state index contributed by atoms with van der Waals surface area (Å²) in [5.74, 6) is -0.809. The van der Waals surface area contributed by atoms with E-state index in [1.165, 1.54) is 19.1 Å². The van der Waals surface area contributed by atoms with E-state index in [-0.39, 0.29) is 5.75 Å². The zero-order chi connectivity index (χ0) is 13.8. The number of benzene rings is 2. The molecule has 3 nitrogen and oxygen atoms in total. The van der Waals surface area contributed by atoms with Crippen molar-refractivity contribution in [2.24, 2.45) is 0 Å². The molecular weight excluding hydrogens is 245 g/mol. The van der Waals surface area contributed by atoms with Gasteiger partial charge in [-0.05, 0) is 29.8 Å². The largest absolute Gasteiger partial charge is 0.427 e. The highest BCUT2D eigenvalue weighted by atomic mass is 19.1.